The van der Waals surface area contributed by atoms with Crippen molar-refractivity contribution in [2.75, 3.05) is 20.1 Å². The van der Waals surface area contributed by atoms with Crippen molar-refractivity contribution in [1.29, 1.82) is 0 Å². The summed E-state index contributed by atoms with van der Waals surface area (Å²) < 4.78 is 3.46. The summed E-state index contributed by atoms with van der Waals surface area (Å²) in [6.45, 7) is 6.09. The molecule has 7 heteroatoms. The van der Waals surface area contributed by atoms with Crippen molar-refractivity contribution >= 4 is 11.2 Å². The molecule has 7 nitrogen and oxygen atoms in total. The highest BCUT2D eigenvalue weighted by molar-refractivity contribution is 5.66. The normalized spacial score (nSPS) is 16.1. The van der Waals surface area contributed by atoms with Crippen LogP contribution in [0.2, 0.25) is 0 Å². The van der Waals surface area contributed by atoms with Crippen molar-refractivity contribution in [1.82, 2.24) is 28.9 Å². The number of likely N-dealkylation sites (tertiary alicyclic amines) is 1. The zero-order chi connectivity index (χ0) is 20.1. The number of fused-ring (bicyclic) bond motifs is 2. The number of piperidine rings is 1. The molecule has 0 unspecified atom stereocenters. The Kier molecular flexibility index (Phi) is 4.20. The van der Waals surface area contributed by atoms with Gasteiger partial charge in [0.2, 0.25) is 0 Å². The van der Waals surface area contributed by atoms with E-state index in [2.05, 4.69) is 28.1 Å². The third-order valence-electron chi connectivity index (χ3n) is 5.89. The molecule has 5 rings (SSSR count). The predicted octanol–water partition coefficient (Wildman–Crippen LogP) is 2.83. The Bertz CT molecular complexity index is 1280. The van der Waals surface area contributed by atoms with Crippen LogP contribution in [0.15, 0.2) is 41.5 Å². The largest absolute Gasteiger partial charge is 0.306 e. The second-order valence-corrected chi connectivity index (χ2v) is 8.07. The van der Waals surface area contributed by atoms with Crippen LogP contribution < -0.4 is 5.56 Å². The lowest BCUT2D eigenvalue weighted by atomic mass is 9.91. The first-order valence-corrected chi connectivity index (χ1v) is 10.0. The van der Waals surface area contributed by atoms with Gasteiger partial charge in [0.1, 0.15) is 11.3 Å². The molecule has 4 aromatic rings. The highest BCUT2D eigenvalue weighted by Crippen LogP contribution is 2.27. The number of rotatable bonds is 2. The first-order valence-electron chi connectivity index (χ1n) is 10.0. The number of aromatic nitrogens is 5. The van der Waals surface area contributed by atoms with Crippen LogP contribution in [0.3, 0.4) is 0 Å². The standard InChI is InChI=1S/C22H24N6O/c1-14-12-28-20(15(2)23-14)10-19(25-28)18-11-22(29)27-13-17(4-5-21(27)24-18)16-6-8-26(3)9-7-16/h4-5,10-13,16H,6-9H2,1-3H3. The highest BCUT2D eigenvalue weighted by atomic mass is 16.1. The highest BCUT2D eigenvalue weighted by Gasteiger charge is 2.19. The van der Waals surface area contributed by atoms with E-state index in [0.29, 0.717) is 23.0 Å². The van der Waals surface area contributed by atoms with E-state index in [-0.39, 0.29) is 5.56 Å². The fourth-order valence-electron chi connectivity index (χ4n) is 4.25. The summed E-state index contributed by atoms with van der Waals surface area (Å²) in [5.74, 6) is 0.499. The molecule has 1 fully saturated rings. The summed E-state index contributed by atoms with van der Waals surface area (Å²) >= 11 is 0. The maximum Gasteiger partial charge on any atom is 0.258 e. The minimum absolute atomic E-state index is 0.0807. The smallest absolute Gasteiger partial charge is 0.258 e. The third kappa shape index (κ3) is 3.21. The van der Waals surface area contributed by atoms with Gasteiger partial charge in [-0.1, -0.05) is 6.07 Å². The number of hydrogen-bond acceptors (Lipinski definition) is 5. The lowest BCUT2D eigenvalue weighted by molar-refractivity contribution is 0.255. The Morgan fingerprint density at radius 1 is 1.00 bits per heavy atom. The van der Waals surface area contributed by atoms with Crippen LogP contribution in [0.25, 0.3) is 22.6 Å². The molecule has 0 bridgehead atoms. The van der Waals surface area contributed by atoms with Crippen molar-refractivity contribution in [3.63, 3.8) is 0 Å². The van der Waals surface area contributed by atoms with Crippen LogP contribution in [-0.2, 0) is 0 Å². The minimum Gasteiger partial charge on any atom is -0.306 e. The van der Waals surface area contributed by atoms with E-state index in [0.717, 1.165) is 42.8 Å². The number of nitrogens with zero attached hydrogens (tertiary/aromatic N) is 6. The Morgan fingerprint density at radius 2 is 1.79 bits per heavy atom. The fourth-order valence-corrected chi connectivity index (χ4v) is 4.25. The molecule has 0 aliphatic carbocycles. The second kappa shape index (κ2) is 6.77. The minimum atomic E-state index is -0.0807. The monoisotopic (exact) mass is 388 g/mol. The molecule has 29 heavy (non-hydrogen) atoms. The molecule has 0 atom stereocenters. The van der Waals surface area contributed by atoms with Crippen LogP contribution in [0.5, 0.6) is 0 Å². The Labute approximate surface area is 168 Å². The van der Waals surface area contributed by atoms with Gasteiger partial charge in [0.25, 0.3) is 5.56 Å². The quantitative estimate of drug-likeness (QED) is 0.528. The van der Waals surface area contributed by atoms with Gasteiger partial charge in [-0.25, -0.2) is 9.50 Å². The van der Waals surface area contributed by atoms with Gasteiger partial charge in [-0.05, 0) is 70.4 Å². The van der Waals surface area contributed by atoms with Crippen molar-refractivity contribution in [3.05, 3.63) is 64.0 Å². The molecule has 0 aromatic carbocycles. The van der Waals surface area contributed by atoms with Gasteiger partial charge in [0, 0.05) is 12.3 Å². The van der Waals surface area contributed by atoms with E-state index >= 15 is 0 Å². The van der Waals surface area contributed by atoms with Crippen molar-refractivity contribution in [2.45, 2.75) is 32.6 Å². The van der Waals surface area contributed by atoms with Gasteiger partial charge in [-0.3, -0.25) is 14.2 Å². The van der Waals surface area contributed by atoms with E-state index in [9.17, 15) is 4.79 Å². The number of pyridine rings is 1. The van der Waals surface area contributed by atoms with Gasteiger partial charge in [0.15, 0.2) is 0 Å². The van der Waals surface area contributed by atoms with E-state index in [1.807, 2.05) is 38.4 Å². The van der Waals surface area contributed by atoms with Gasteiger partial charge in [0.05, 0.1) is 28.8 Å². The van der Waals surface area contributed by atoms with E-state index in [1.165, 1.54) is 5.56 Å². The molecule has 0 N–H and O–H groups in total. The zero-order valence-corrected chi connectivity index (χ0v) is 17.0. The van der Waals surface area contributed by atoms with Gasteiger partial charge >= 0.3 is 0 Å². The Morgan fingerprint density at radius 3 is 2.59 bits per heavy atom. The topological polar surface area (TPSA) is 67.8 Å². The molecule has 0 radical (unpaired) electrons. The van der Waals surface area contributed by atoms with Gasteiger partial charge < -0.3 is 4.90 Å². The summed E-state index contributed by atoms with van der Waals surface area (Å²) in [6.07, 6.45) is 6.09. The van der Waals surface area contributed by atoms with E-state index < -0.39 is 0 Å². The zero-order valence-electron chi connectivity index (χ0n) is 17.0. The molecule has 1 saturated heterocycles. The van der Waals surface area contributed by atoms with E-state index in [1.54, 1.807) is 15.0 Å². The lowest BCUT2D eigenvalue weighted by Crippen LogP contribution is -2.29. The average molecular weight is 388 g/mol. The van der Waals surface area contributed by atoms with Crippen LogP contribution in [-0.4, -0.2) is 49.0 Å². The summed E-state index contributed by atoms with van der Waals surface area (Å²) in [6, 6.07) is 7.57. The molecule has 5 heterocycles. The Balaban J connectivity index is 1.56. The molecule has 4 aromatic heterocycles. The molecule has 148 valence electrons. The predicted molar refractivity (Wildman–Crippen MR) is 112 cm³/mol. The molecular formula is C22H24N6O. The second-order valence-electron chi connectivity index (χ2n) is 8.07. The number of aryl methyl sites for hydroxylation is 2. The number of hydrogen-bond donors (Lipinski definition) is 0. The van der Waals surface area contributed by atoms with Crippen LogP contribution in [0.4, 0.5) is 0 Å². The van der Waals surface area contributed by atoms with Crippen LogP contribution >= 0.6 is 0 Å². The van der Waals surface area contributed by atoms with Crippen molar-refractivity contribution in [3.8, 4) is 11.4 Å². The first-order chi connectivity index (χ1) is 14.0. The molecular weight excluding hydrogens is 364 g/mol. The fraction of sp³-hybridized carbons (Fsp3) is 0.364. The van der Waals surface area contributed by atoms with Crippen LogP contribution in [0.1, 0.15) is 35.7 Å². The SMILES string of the molecule is Cc1cn2nc(-c3cc(=O)n4cc(C5CCN(C)CC5)ccc4n3)cc2c(C)n1. The summed E-state index contributed by atoms with van der Waals surface area (Å²) in [4.78, 5) is 24.4. The van der Waals surface area contributed by atoms with Crippen LogP contribution in [0, 0.1) is 13.8 Å². The van der Waals surface area contributed by atoms with Crippen molar-refractivity contribution < 1.29 is 0 Å². The third-order valence-corrected chi connectivity index (χ3v) is 5.89. The van der Waals surface area contributed by atoms with Crippen molar-refractivity contribution in [2.24, 2.45) is 0 Å². The summed E-state index contributed by atoms with van der Waals surface area (Å²) in [7, 11) is 2.16. The first kappa shape index (κ1) is 18.0. The maximum absolute atomic E-state index is 12.9. The molecule has 0 saturated carbocycles. The van der Waals surface area contributed by atoms with Gasteiger partial charge in [-0.2, -0.15) is 5.10 Å². The molecule has 1 aliphatic rings. The lowest BCUT2D eigenvalue weighted by Gasteiger charge is -2.29. The summed E-state index contributed by atoms with van der Waals surface area (Å²) in [5.41, 5.74) is 5.77. The van der Waals surface area contributed by atoms with E-state index in [4.69, 9.17) is 4.98 Å². The van der Waals surface area contributed by atoms with Gasteiger partial charge in [-0.15, -0.1) is 0 Å². The Hall–Kier alpha value is -3.06. The molecule has 1 aliphatic heterocycles. The molecule has 0 amide bonds. The molecule has 0 spiro atoms. The maximum atomic E-state index is 12.9. The summed E-state index contributed by atoms with van der Waals surface area (Å²) in [5, 5.41) is 4.61. The average Bonchev–Trinajstić information content (AvgIpc) is 3.13.